The molecule has 1 aliphatic heterocycles. The van der Waals surface area contributed by atoms with Crippen LogP contribution in [0.1, 0.15) is 53.9 Å². The van der Waals surface area contributed by atoms with Crippen LogP contribution in [-0.4, -0.2) is 28.3 Å². The number of fused-ring (bicyclic) bond motifs is 2. The van der Waals surface area contributed by atoms with Gasteiger partial charge in [0, 0.05) is 30.3 Å². The Balaban J connectivity index is 1.78. The summed E-state index contributed by atoms with van der Waals surface area (Å²) in [5, 5.41) is 7.99. The van der Waals surface area contributed by atoms with E-state index in [1.165, 1.54) is 10.2 Å². The zero-order valence-electron chi connectivity index (χ0n) is 15.5. The molecule has 2 unspecified atom stereocenters. The number of aromatic nitrogens is 2. The first kappa shape index (κ1) is 17.1. The Labute approximate surface area is 153 Å². The second-order valence-corrected chi connectivity index (χ2v) is 7.77. The lowest BCUT2D eigenvalue weighted by Gasteiger charge is -2.35. The van der Waals surface area contributed by atoms with Gasteiger partial charge in [0.2, 0.25) is 0 Å². The lowest BCUT2D eigenvalue weighted by Crippen LogP contribution is -2.42. The van der Waals surface area contributed by atoms with Crippen LogP contribution in [0.3, 0.4) is 0 Å². The van der Waals surface area contributed by atoms with Crippen molar-refractivity contribution < 1.29 is 4.79 Å². The molecule has 1 aromatic carbocycles. The normalized spacial score (nSPS) is 24.5. The highest BCUT2D eigenvalue weighted by atomic mass is 16.2. The lowest BCUT2D eigenvalue weighted by atomic mass is 9.75. The Morgan fingerprint density at radius 1 is 1.46 bits per heavy atom. The summed E-state index contributed by atoms with van der Waals surface area (Å²) in [6.07, 6.45) is 4.03. The quantitative estimate of drug-likeness (QED) is 0.769. The lowest BCUT2D eigenvalue weighted by molar-refractivity contribution is 0.0785. The van der Waals surface area contributed by atoms with Crippen molar-refractivity contribution in [3.8, 4) is 0 Å². The molecular formula is C20H27N5O. The highest BCUT2D eigenvalue weighted by Gasteiger charge is 2.42. The number of nitrogens with zero attached hydrogens (tertiary/aromatic N) is 2. The van der Waals surface area contributed by atoms with Gasteiger partial charge < -0.3 is 16.8 Å². The summed E-state index contributed by atoms with van der Waals surface area (Å²) in [6.45, 7) is 4.90. The topological polar surface area (TPSA) is 99.0 Å². The number of aryl methyl sites for hydroxylation is 1. The minimum atomic E-state index is -0.642. The number of carbonyl (C=O) groups excluding carboxylic acids is 1. The fourth-order valence-electron chi connectivity index (χ4n) is 4.24. The summed E-state index contributed by atoms with van der Waals surface area (Å²) < 4.78 is 1.44. The van der Waals surface area contributed by atoms with Crippen LogP contribution >= 0.6 is 0 Å². The minimum Gasteiger partial charge on any atom is -0.385 e. The van der Waals surface area contributed by atoms with E-state index < -0.39 is 5.41 Å². The van der Waals surface area contributed by atoms with Gasteiger partial charge in [0.1, 0.15) is 5.82 Å². The molecule has 0 saturated carbocycles. The molecule has 1 aliphatic carbocycles. The number of carbonyl (C=O) groups is 1. The minimum absolute atomic E-state index is 0.0472. The fourth-order valence-corrected chi connectivity index (χ4v) is 4.24. The van der Waals surface area contributed by atoms with E-state index in [0.29, 0.717) is 12.2 Å². The second-order valence-electron chi connectivity index (χ2n) is 7.77. The van der Waals surface area contributed by atoms with Gasteiger partial charge in [0.05, 0.1) is 11.1 Å². The average Bonchev–Trinajstić information content (AvgIpc) is 2.96. The molecule has 0 saturated heterocycles. The number of nitrogens with two attached hydrogens (primary N) is 2. The maximum absolute atomic E-state index is 13.6. The summed E-state index contributed by atoms with van der Waals surface area (Å²) in [4.78, 5) is 13.6. The molecule has 0 radical (unpaired) electrons. The van der Waals surface area contributed by atoms with E-state index in [9.17, 15) is 4.79 Å². The molecule has 0 fully saturated rings. The number of benzene rings is 1. The van der Waals surface area contributed by atoms with E-state index in [1.807, 2.05) is 6.92 Å². The van der Waals surface area contributed by atoms with E-state index in [2.05, 4.69) is 35.5 Å². The monoisotopic (exact) mass is 353 g/mol. The predicted molar refractivity (Wildman–Crippen MR) is 104 cm³/mol. The molecule has 1 aromatic heterocycles. The first-order valence-corrected chi connectivity index (χ1v) is 9.48. The summed E-state index contributed by atoms with van der Waals surface area (Å²) in [5.74, 6) is 0.443. The van der Waals surface area contributed by atoms with Crippen LogP contribution in [0, 0.1) is 0 Å². The summed E-state index contributed by atoms with van der Waals surface area (Å²) in [7, 11) is 0. The van der Waals surface area contributed by atoms with Crippen molar-refractivity contribution in [1.29, 1.82) is 0 Å². The molecule has 2 aromatic rings. The first-order valence-electron chi connectivity index (χ1n) is 9.48. The van der Waals surface area contributed by atoms with Gasteiger partial charge in [-0.2, -0.15) is 9.78 Å². The van der Waals surface area contributed by atoms with Gasteiger partial charge in [-0.05, 0) is 49.8 Å². The van der Waals surface area contributed by atoms with Crippen molar-refractivity contribution in [1.82, 2.24) is 9.78 Å². The van der Waals surface area contributed by atoms with E-state index >= 15 is 0 Å². The van der Waals surface area contributed by atoms with Crippen molar-refractivity contribution >= 4 is 17.4 Å². The number of rotatable bonds is 2. The van der Waals surface area contributed by atoms with Crippen molar-refractivity contribution in [2.24, 2.45) is 5.73 Å². The molecular weight excluding hydrogens is 326 g/mol. The Kier molecular flexibility index (Phi) is 4.03. The van der Waals surface area contributed by atoms with Crippen molar-refractivity contribution in [2.75, 3.05) is 17.6 Å². The zero-order chi connectivity index (χ0) is 18.5. The van der Waals surface area contributed by atoms with Crippen molar-refractivity contribution in [2.45, 2.75) is 57.4 Å². The van der Waals surface area contributed by atoms with Crippen LogP contribution in [0.15, 0.2) is 18.2 Å². The number of hydrogen-bond acceptors (Lipinski definition) is 5. The SMILES string of the molecule is CCc1ccc2c(c1)C(C)(C(=O)n1nc3c(c1N)CCC(N)C3)CCN2. The van der Waals surface area contributed by atoms with Crippen molar-refractivity contribution in [3.05, 3.63) is 40.6 Å². The predicted octanol–water partition coefficient (Wildman–Crippen LogP) is 2.26. The Morgan fingerprint density at radius 3 is 3.04 bits per heavy atom. The summed E-state index contributed by atoms with van der Waals surface area (Å²) in [5.41, 5.74) is 16.9. The maximum atomic E-state index is 13.6. The van der Waals surface area contributed by atoms with Crippen molar-refractivity contribution in [3.63, 3.8) is 0 Å². The van der Waals surface area contributed by atoms with Gasteiger partial charge in [-0.15, -0.1) is 0 Å². The van der Waals surface area contributed by atoms with Crippen LogP contribution in [0.25, 0.3) is 0 Å². The highest BCUT2D eigenvalue weighted by Crippen LogP contribution is 2.40. The van der Waals surface area contributed by atoms with Gasteiger partial charge in [0.15, 0.2) is 0 Å². The van der Waals surface area contributed by atoms with E-state index in [1.54, 1.807) is 0 Å². The van der Waals surface area contributed by atoms with E-state index in [4.69, 9.17) is 11.5 Å². The molecule has 0 amide bonds. The average molecular weight is 353 g/mol. The van der Waals surface area contributed by atoms with Gasteiger partial charge in [0.25, 0.3) is 5.91 Å². The Morgan fingerprint density at radius 2 is 2.27 bits per heavy atom. The van der Waals surface area contributed by atoms with Crippen LogP contribution in [0.2, 0.25) is 0 Å². The fraction of sp³-hybridized carbons (Fsp3) is 0.500. The standard InChI is InChI=1S/C20H27N5O/c1-3-12-4-7-16-15(10-12)20(2,8-9-23-16)19(26)25-18(22)14-6-5-13(21)11-17(14)24-25/h4,7,10,13,23H,3,5-6,8-9,11,21-22H2,1-2H3. The zero-order valence-corrected chi connectivity index (χ0v) is 15.5. The first-order chi connectivity index (χ1) is 12.4. The number of hydrogen-bond donors (Lipinski definition) is 3. The third kappa shape index (κ3) is 2.51. The Hall–Kier alpha value is -2.34. The third-order valence-electron chi connectivity index (χ3n) is 6.02. The van der Waals surface area contributed by atoms with Gasteiger partial charge in [-0.1, -0.05) is 19.1 Å². The number of anilines is 2. The molecule has 2 aliphatic rings. The molecule has 6 heteroatoms. The molecule has 2 heterocycles. The number of nitrogen functional groups attached to an aromatic ring is 1. The molecule has 138 valence electrons. The maximum Gasteiger partial charge on any atom is 0.259 e. The van der Waals surface area contributed by atoms with Crippen LogP contribution in [-0.2, 0) is 24.7 Å². The van der Waals surface area contributed by atoms with Crippen LogP contribution in [0.5, 0.6) is 0 Å². The van der Waals surface area contributed by atoms with Gasteiger partial charge >= 0.3 is 0 Å². The smallest absolute Gasteiger partial charge is 0.259 e. The largest absolute Gasteiger partial charge is 0.385 e. The molecule has 6 nitrogen and oxygen atoms in total. The van der Waals surface area contributed by atoms with E-state index in [0.717, 1.165) is 54.7 Å². The van der Waals surface area contributed by atoms with Gasteiger partial charge in [-0.25, -0.2) is 0 Å². The molecule has 4 rings (SSSR count). The molecule has 26 heavy (non-hydrogen) atoms. The summed E-state index contributed by atoms with van der Waals surface area (Å²) in [6, 6.07) is 6.44. The summed E-state index contributed by atoms with van der Waals surface area (Å²) >= 11 is 0. The third-order valence-corrected chi connectivity index (χ3v) is 6.02. The van der Waals surface area contributed by atoms with Gasteiger partial charge in [-0.3, -0.25) is 4.79 Å². The van der Waals surface area contributed by atoms with Crippen LogP contribution in [0.4, 0.5) is 11.5 Å². The molecule has 2 atom stereocenters. The highest BCUT2D eigenvalue weighted by molar-refractivity contribution is 5.94. The molecule has 0 spiro atoms. The van der Waals surface area contributed by atoms with E-state index in [-0.39, 0.29) is 11.9 Å². The number of nitrogens with one attached hydrogen (secondary N) is 1. The molecule has 5 N–H and O–H groups in total. The Bertz CT molecular complexity index is 871. The molecule has 0 bridgehead atoms. The second kappa shape index (κ2) is 6.13. The van der Waals surface area contributed by atoms with Crippen LogP contribution < -0.4 is 16.8 Å².